The third-order valence-corrected chi connectivity index (χ3v) is 3.22. The van der Waals surface area contributed by atoms with E-state index < -0.39 is 0 Å². The van der Waals surface area contributed by atoms with Crippen molar-refractivity contribution in [2.24, 2.45) is 5.92 Å². The van der Waals surface area contributed by atoms with Crippen LogP contribution in [0.2, 0.25) is 0 Å². The van der Waals surface area contributed by atoms with Crippen LogP contribution in [-0.2, 0) is 0 Å². The van der Waals surface area contributed by atoms with Gasteiger partial charge in [-0.3, -0.25) is 4.79 Å². The quantitative estimate of drug-likeness (QED) is 0.872. The molecule has 0 aliphatic carbocycles. The number of nitrogen functional groups attached to an aromatic ring is 1. The molecule has 1 aromatic rings. The van der Waals surface area contributed by atoms with Crippen molar-refractivity contribution in [3.63, 3.8) is 0 Å². The summed E-state index contributed by atoms with van der Waals surface area (Å²) in [5.41, 5.74) is 7.74. The fourth-order valence-electron chi connectivity index (χ4n) is 1.66. The summed E-state index contributed by atoms with van der Waals surface area (Å²) >= 11 is 3.33. The zero-order chi connectivity index (χ0) is 13.9. The zero-order valence-electron chi connectivity index (χ0n) is 10.7. The number of nitriles is 1. The lowest BCUT2D eigenvalue weighted by atomic mass is 10.1. The van der Waals surface area contributed by atoms with Crippen LogP contribution in [0.1, 0.15) is 22.8 Å². The minimum Gasteiger partial charge on any atom is -0.398 e. The highest BCUT2D eigenvalue weighted by Gasteiger charge is 2.17. The Hall–Kier alpha value is -1.54. The van der Waals surface area contributed by atoms with Crippen LogP contribution in [0.4, 0.5) is 5.69 Å². The van der Waals surface area contributed by atoms with Crippen LogP contribution in [0.15, 0.2) is 16.6 Å². The van der Waals surface area contributed by atoms with Crippen molar-refractivity contribution >= 4 is 27.5 Å². The average molecular weight is 310 g/mol. The van der Waals surface area contributed by atoms with Crippen molar-refractivity contribution in [1.82, 2.24) is 4.90 Å². The van der Waals surface area contributed by atoms with E-state index in [2.05, 4.69) is 22.0 Å². The van der Waals surface area contributed by atoms with E-state index >= 15 is 0 Å². The van der Waals surface area contributed by atoms with E-state index in [1.54, 1.807) is 31.0 Å². The molecule has 0 heterocycles. The Morgan fingerprint density at radius 3 is 2.78 bits per heavy atom. The first kappa shape index (κ1) is 14.5. The number of anilines is 1. The summed E-state index contributed by atoms with van der Waals surface area (Å²) in [6.07, 6.45) is 0. The number of carbonyl (C=O) groups excluding carboxylic acids is 1. The van der Waals surface area contributed by atoms with Crippen molar-refractivity contribution in [1.29, 1.82) is 5.26 Å². The number of nitrogens with zero attached hydrogens (tertiary/aromatic N) is 2. The molecule has 0 aliphatic rings. The van der Waals surface area contributed by atoms with Crippen LogP contribution in [0.3, 0.4) is 0 Å². The fraction of sp³-hybridized carbons (Fsp3) is 0.385. The second-order valence-corrected chi connectivity index (χ2v) is 5.30. The molecule has 1 amide bonds. The summed E-state index contributed by atoms with van der Waals surface area (Å²) < 4.78 is 0.774. The molecular formula is C13H16BrN3O. The van der Waals surface area contributed by atoms with Gasteiger partial charge in [0.1, 0.15) is 0 Å². The number of hydrogen-bond acceptors (Lipinski definition) is 3. The number of benzene rings is 1. The lowest BCUT2D eigenvalue weighted by Crippen LogP contribution is -2.31. The van der Waals surface area contributed by atoms with Gasteiger partial charge in [-0.05, 0) is 31.5 Å². The van der Waals surface area contributed by atoms with Gasteiger partial charge in [0.05, 0.1) is 12.0 Å². The molecule has 0 radical (unpaired) electrons. The molecule has 0 bridgehead atoms. The average Bonchev–Trinajstić information content (AvgIpc) is 2.32. The fourth-order valence-corrected chi connectivity index (χ4v) is 2.14. The molecule has 0 spiro atoms. The van der Waals surface area contributed by atoms with Gasteiger partial charge in [-0.2, -0.15) is 5.26 Å². The van der Waals surface area contributed by atoms with Crippen LogP contribution in [0.25, 0.3) is 0 Å². The van der Waals surface area contributed by atoms with Gasteiger partial charge in [-0.1, -0.05) is 15.9 Å². The van der Waals surface area contributed by atoms with E-state index in [0.717, 1.165) is 10.0 Å². The minimum absolute atomic E-state index is 0.123. The maximum Gasteiger partial charge on any atom is 0.254 e. The Balaban J connectivity index is 3.01. The van der Waals surface area contributed by atoms with Crippen molar-refractivity contribution in [2.45, 2.75) is 13.8 Å². The Bertz CT molecular complexity index is 508. The molecule has 1 rings (SSSR count). The highest BCUT2D eigenvalue weighted by atomic mass is 79.9. The Morgan fingerprint density at radius 1 is 1.61 bits per heavy atom. The molecule has 0 saturated carbocycles. The first-order valence-electron chi connectivity index (χ1n) is 5.57. The van der Waals surface area contributed by atoms with E-state index in [-0.39, 0.29) is 11.8 Å². The third kappa shape index (κ3) is 3.23. The molecule has 18 heavy (non-hydrogen) atoms. The predicted octanol–water partition coefficient (Wildman–Crippen LogP) is 2.57. The first-order valence-corrected chi connectivity index (χ1v) is 6.36. The van der Waals surface area contributed by atoms with Crippen LogP contribution < -0.4 is 5.73 Å². The molecule has 4 nitrogen and oxygen atoms in total. The largest absolute Gasteiger partial charge is 0.398 e. The third-order valence-electron chi connectivity index (χ3n) is 2.76. The van der Waals surface area contributed by atoms with Crippen molar-refractivity contribution < 1.29 is 4.79 Å². The number of nitrogens with two attached hydrogens (primary N) is 1. The molecular weight excluding hydrogens is 294 g/mol. The second kappa shape index (κ2) is 5.87. The minimum atomic E-state index is -0.191. The molecule has 1 aromatic carbocycles. The molecule has 0 aliphatic heterocycles. The summed E-state index contributed by atoms with van der Waals surface area (Å²) in [6, 6.07) is 5.63. The van der Waals surface area contributed by atoms with Crippen LogP contribution in [0.5, 0.6) is 0 Å². The van der Waals surface area contributed by atoms with Gasteiger partial charge in [-0.15, -0.1) is 0 Å². The number of amides is 1. The van der Waals surface area contributed by atoms with Gasteiger partial charge < -0.3 is 10.6 Å². The highest BCUT2D eigenvalue weighted by molar-refractivity contribution is 9.10. The molecule has 0 fully saturated rings. The summed E-state index contributed by atoms with van der Waals surface area (Å²) in [4.78, 5) is 13.8. The highest BCUT2D eigenvalue weighted by Crippen LogP contribution is 2.23. The van der Waals surface area contributed by atoms with E-state index in [0.29, 0.717) is 17.8 Å². The van der Waals surface area contributed by atoms with E-state index in [4.69, 9.17) is 11.0 Å². The second-order valence-electron chi connectivity index (χ2n) is 4.38. The smallest absolute Gasteiger partial charge is 0.254 e. The number of halogens is 1. The van der Waals surface area contributed by atoms with E-state index in [1.807, 2.05) is 6.92 Å². The van der Waals surface area contributed by atoms with E-state index in [9.17, 15) is 4.79 Å². The van der Waals surface area contributed by atoms with Crippen LogP contribution >= 0.6 is 15.9 Å². The Kier molecular flexibility index (Phi) is 4.74. The maximum atomic E-state index is 12.3. The van der Waals surface area contributed by atoms with Gasteiger partial charge in [0, 0.05) is 29.3 Å². The number of carbonyl (C=O) groups is 1. The van der Waals surface area contributed by atoms with Crippen LogP contribution in [-0.4, -0.2) is 24.4 Å². The molecule has 0 saturated heterocycles. The van der Waals surface area contributed by atoms with Gasteiger partial charge in [0.2, 0.25) is 0 Å². The molecule has 5 heteroatoms. The summed E-state index contributed by atoms with van der Waals surface area (Å²) in [5.74, 6) is -0.314. The molecule has 1 atom stereocenters. The summed E-state index contributed by atoms with van der Waals surface area (Å²) in [5, 5.41) is 8.76. The van der Waals surface area contributed by atoms with Crippen molar-refractivity contribution in [3.8, 4) is 6.07 Å². The van der Waals surface area contributed by atoms with Crippen LogP contribution in [0, 0.1) is 24.2 Å². The molecule has 1 unspecified atom stereocenters. The molecule has 0 aromatic heterocycles. The van der Waals surface area contributed by atoms with Gasteiger partial charge in [-0.25, -0.2) is 0 Å². The Labute approximate surface area is 116 Å². The van der Waals surface area contributed by atoms with Gasteiger partial charge >= 0.3 is 0 Å². The summed E-state index contributed by atoms with van der Waals surface area (Å²) in [6.45, 7) is 4.00. The predicted molar refractivity (Wildman–Crippen MR) is 75.0 cm³/mol. The first-order chi connectivity index (χ1) is 8.36. The number of hydrogen-bond donors (Lipinski definition) is 1. The normalized spacial score (nSPS) is 11.7. The monoisotopic (exact) mass is 309 g/mol. The number of rotatable bonds is 3. The topological polar surface area (TPSA) is 70.1 Å². The van der Waals surface area contributed by atoms with Crippen molar-refractivity contribution in [2.75, 3.05) is 19.3 Å². The SMILES string of the molecule is Cc1c(N)cc(Br)cc1C(=O)N(C)CC(C)C#N. The summed E-state index contributed by atoms with van der Waals surface area (Å²) in [7, 11) is 1.69. The van der Waals surface area contributed by atoms with Gasteiger partial charge in [0.15, 0.2) is 0 Å². The lowest BCUT2D eigenvalue weighted by Gasteiger charge is -2.20. The lowest BCUT2D eigenvalue weighted by molar-refractivity contribution is 0.0784. The Morgan fingerprint density at radius 2 is 2.22 bits per heavy atom. The zero-order valence-corrected chi connectivity index (χ0v) is 12.3. The molecule has 2 N–H and O–H groups in total. The maximum absolute atomic E-state index is 12.3. The standard InChI is InChI=1S/C13H16BrN3O/c1-8(6-15)7-17(3)13(18)11-4-10(14)5-12(16)9(11)2/h4-5,8H,7,16H2,1-3H3. The van der Waals surface area contributed by atoms with E-state index in [1.165, 1.54) is 0 Å². The van der Waals surface area contributed by atoms with Crippen molar-refractivity contribution in [3.05, 3.63) is 27.7 Å². The van der Waals surface area contributed by atoms with Gasteiger partial charge in [0.25, 0.3) is 5.91 Å². The molecule has 96 valence electrons.